The van der Waals surface area contributed by atoms with E-state index in [4.69, 9.17) is 0 Å². The zero-order valence-corrected chi connectivity index (χ0v) is 11.8. The molecule has 2 aromatic carbocycles. The summed E-state index contributed by atoms with van der Waals surface area (Å²) in [6, 6.07) is 13.7. The van der Waals surface area contributed by atoms with Gasteiger partial charge in [-0.05, 0) is 36.3 Å². The molecule has 0 aliphatic heterocycles. The van der Waals surface area contributed by atoms with Gasteiger partial charge in [-0.25, -0.2) is 9.18 Å². The van der Waals surface area contributed by atoms with Crippen LogP contribution < -0.4 is 10.6 Å². The van der Waals surface area contributed by atoms with Crippen LogP contribution in [0.3, 0.4) is 0 Å². The van der Waals surface area contributed by atoms with Gasteiger partial charge in [0.15, 0.2) is 0 Å². The molecule has 0 spiro atoms. The number of benzene rings is 2. The summed E-state index contributed by atoms with van der Waals surface area (Å²) in [5.74, 6) is -0.282. The third kappa shape index (κ3) is 5.10. The summed E-state index contributed by atoms with van der Waals surface area (Å²) in [6.45, 7) is 2.49. The zero-order valence-electron chi connectivity index (χ0n) is 11.8. The average molecular weight is 284 g/mol. The van der Waals surface area contributed by atoms with Crippen LogP contribution in [0.2, 0.25) is 0 Å². The molecule has 2 N–H and O–H groups in total. The summed E-state index contributed by atoms with van der Waals surface area (Å²) in [5.41, 5.74) is 3.04. The minimum absolute atomic E-state index is 0.282. The number of amides is 2. The molecule has 0 saturated heterocycles. The first-order valence-corrected chi connectivity index (χ1v) is 6.65. The summed E-state index contributed by atoms with van der Waals surface area (Å²) >= 11 is 0. The standard InChI is InChI=1S/C17H17FN2O/c1-13-2-4-15(5-3-13)12-20-17(21)19-11-10-14-6-8-16(18)9-7-14/h2-11H,12H2,1H3,(H2,19,20,21)/b11-10+. The fraction of sp³-hybridized carbons (Fsp3) is 0.118. The van der Waals surface area contributed by atoms with E-state index in [9.17, 15) is 9.18 Å². The van der Waals surface area contributed by atoms with Crippen molar-refractivity contribution in [1.29, 1.82) is 0 Å². The molecular weight excluding hydrogens is 267 g/mol. The molecule has 21 heavy (non-hydrogen) atoms. The van der Waals surface area contributed by atoms with E-state index >= 15 is 0 Å². The van der Waals surface area contributed by atoms with Crippen LogP contribution in [0.15, 0.2) is 54.7 Å². The Hall–Kier alpha value is -2.62. The Morgan fingerprint density at radius 1 is 1.10 bits per heavy atom. The highest BCUT2D eigenvalue weighted by molar-refractivity contribution is 5.75. The molecule has 0 atom stereocenters. The molecule has 2 rings (SSSR count). The van der Waals surface area contributed by atoms with Crippen LogP contribution >= 0.6 is 0 Å². The number of carbonyl (C=O) groups excluding carboxylic acids is 1. The second kappa shape index (κ2) is 7.24. The number of aryl methyl sites for hydroxylation is 1. The Morgan fingerprint density at radius 2 is 1.76 bits per heavy atom. The molecule has 0 aliphatic carbocycles. The minimum Gasteiger partial charge on any atom is -0.334 e. The van der Waals surface area contributed by atoms with Gasteiger partial charge in [0.05, 0.1) is 0 Å². The van der Waals surface area contributed by atoms with Crippen molar-refractivity contribution < 1.29 is 9.18 Å². The maximum atomic E-state index is 12.7. The Bertz CT molecular complexity index is 618. The first-order chi connectivity index (χ1) is 10.1. The van der Waals surface area contributed by atoms with Crippen LogP contribution in [0.5, 0.6) is 0 Å². The predicted molar refractivity (Wildman–Crippen MR) is 82.0 cm³/mol. The molecule has 0 unspecified atom stereocenters. The Morgan fingerprint density at radius 3 is 2.43 bits per heavy atom. The smallest absolute Gasteiger partial charge is 0.319 e. The molecule has 0 bridgehead atoms. The van der Waals surface area contributed by atoms with Crippen molar-refractivity contribution in [3.8, 4) is 0 Å². The predicted octanol–water partition coefficient (Wildman–Crippen LogP) is 3.60. The van der Waals surface area contributed by atoms with Crippen LogP contribution in [-0.2, 0) is 6.54 Å². The maximum absolute atomic E-state index is 12.7. The molecule has 2 aromatic rings. The average Bonchev–Trinajstić information content (AvgIpc) is 2.49. The molecule has 108 valence electrons. The van der Waals surface area contributed by atoms with Gasteiger partial charge in [-0.3, -0.25) is 0 Å². The van der Waals surface area contributed by atoms with E-state index in [-0.39, 0.29) is 11.8 Å². The van der Waals surface area contributed by atoms with Crippen LogP contribution in [-0.4, -0.2) is 6.03 Å². The van der Waals surface area contributed by atoms with E-state index in [0.29, 0.717) is 6.54 Å². The van der Waals surface area contributed by atoms with Crippen molar-refractivity contribution in [3.63, 3.8) is 0 Å². The van der Waals surface area contributed by atoms with E-state index < -0.39 is 0 Å². The lowest BCUT2D eigenvalue weighted by Crippen LogP contribution is -2.31. The van der Waals surface area contributed by atoms with E-state index in [1.54, 1.807) is 18.2 Å². The highest BCUT2D eigenvalue weighted by Gasteiger charge is 1.97. The number of hydrogen-bond acceptors (Lipinski definition) is 1. The van der Waals surface area contributed by atoms with Gasteiger partial charge >= 0.3 is 6.03 Å². The largest absolute Gasteiger partial charge is 0.334 e. The Kier molecular flexibility index (Phi) is 5.10. The second-order valence-electron chi connectivity index (χ2n) is 4.70. The lowest BCUT2D eigenvalue weighted by atomic mass is 10.1. The molecular formula is C17H17FN2O. The third-order valence-electron chi connectivity index (χ3n) is 2.93. The van der Waals surface area contributed by atoms with Gasteiger partial charge < -0.3 is 10.6 Å². The summed E-state index contributed by atoms with van der Waals surface area (Å²) in [6.07, 6.45) is 3.22. The SMILES string of the molecule is Cc1ccc(CNC(=O)N/C=C/c2ccc(F)cc2)cc1. The molecule has 0 aromatic heterocycles. The zero-order chi connectivity index (χ0) is 15.1. The highest BCUT2D eigenvalue weighted by Crippen LogP contribution is 2.04. The summed E-state index contributed by atoms with van der Waals surface area (Å²) in [4.78, 5) is 11.6. The molecule has 4 heteroatoms. The van der Waals surface area contributed by atoms with Crippen molar-refractivity contribution in [2.24, 2.45) is 0 Å². The lowest BCUT2D eigenvalue weighted by molar-refractivity contribution is 0.244. The fourth-order valence-corrected chi connectivity index (χ4v) is 1.73. The van der Waals surface area contributed by atoms with Crippen LogP contribution in [0, 0.1) is 12.7 Å². The summed E-state index contributed by atoms with van der Waals surface area (Å²) in [5, 5.41) is 5.36. The molecule has 0 heterocycles. The van der Waals surface area contributed by atoms with Crippen molar-refractivity contribution >= 4 is 12.1 Å². The van der Waals surface area contributed by atoms with Gasteiger partial charge in [0.1, 0.15) is 5.82 Å². The minimum atomic E-state index is -0.283. The molecule has 2 amide bonds. The van der Waals surface area contributed by atoms with Crippen LogP contribution in [0.4, 0.5) is 9.18 Å². The fourth-order valence-electron chi connectivity index (χ4n) is 1.73. The first-order valence-electron chi connectivity index (χ1n) is 6.65. The number of hydrogen-bond donors (Lipinski definition) is 2. The number of rotatable bonds is 4. The van der Waals surface area contributed by atoms with Gasteiger partial charge in [-0.1, -0.05) is 42.0 Å². The normalized spacial score (nSPS) is 10.6. The summed E-state index contributed by atoms with van der Waals surface area (Å²) in [7, 11) is 0. The van der Waals surface area contributed by atoms with E-state index in [0.717, 1.165) is 11.1 Å². The highest BCUT2D eigenvalue weighted by atomic mass is 19.1. The maximum Gasteiger partial charge on any atom is 0.319 e. The topological polar surface area (TPSA) is 41.1 Å². The van der Waals surface area contributed by atoms with Crippen LogP contribution in [0.1, 0.15) is 16.7 Å². The van der Waals surface area contributed by atoms with Gasteiger partial charge in [-0.15, -0.1) is 0 Å². The number of carbonyl (C=O) groups is 1. The van der Waals surface area contributed by atoms with Gasteiger partial charge in [-0.2, -0.15) is 0 Å². The second-order valence-corrected chi connectivity index (χ2v) is 4.70. The molecule has 0 fully saturated rings. The monoisotopic (exact) mass is 284 g/mol. The van der Waals surface area contributed by atoms with E-state index in [1.165, 1.54) is 23.9 Å². The van der Waals surface area contributed by atoms with E-state index in [2.05, 4.69) is 10.6 Å². The van der Waals surface area contributed by atoms with Crippen LogP contribution in [0.25, 0.3) is 6.08 Å². The molecule has 3 nitrogen and oxygen atoms in total. The van der Waals surface area contributed by atoms with Crippen molar-refractivity contribution in [3.05, 3.63) is 77.2 Å². The first kappa shape index (κ1) is 14.8. The van der Waals surface area contributed by atoms with Crippen molar-refractivity contribution in [2.75, 3.05) is 0 Å². The number of halogens is 1. The van der Waals surface area contributed by atoms with Gasteiger partial charge in [0.25, 0.3) is 0 Å². The number of urea groups is 1. The summed E-state index contributed by atoms with van der Waals surface area (Å²) < 4.78 is 12.7. The number of nitrogens with one attached hydrogen (secondary N) is 2. The van der Waals surface area contributed by atoms with Gasteiger partial charge in [0, 0.05) is 12.7 Å². The van der Waals surface area contributed by atoms with Crippen molar-refractivity contribution in [2.45, 2.75) is 13.5 Å². The lowest BCUT2D eigenvalue weighted by Gasteiger charge is -2.05. The molecule has 0 saturated carbocycles. The van der Waals surface area contributed by atoms with Gasteiger partial charge in [0.2, 0.25) is 0 Å². The van der Waals surface area contributed by atoms with Crippen molar-refractivity contribution in [1.82, 2.24) is 10.6 Å². The molecule has 0 aliphatic rings. The Balaban J connectivity index is 1.77. The Labute approximate surface area is 123 Å². The quantitative estimate of drug-likeness (QED) is 0.885. The third-order valence-corrected chi connectivity index (χ3v) is 2.93. The molecule has 0 radical (unpaired) electrons. The van der Waals surface area contributed by atoms with E-state index in [1.807, 2.05) is 31.2 Å².